The van der Waals surface area contributed by atoms with Crippen LogP contribution in [0.15, 0.2) is 36.4 Å². The molecule has 1 aromatic carbocycles. The van der Waals surface area contributed by atoms with Gasteiger partial charge in [-0.05, 0) is 63.8 Å². The molecule has 1 N–H and O–H groups in total. The predicted molar refractivity (Wildman–Crippen MR) is 146 cm³/mol. The Morgan fingerprint density at radius 1 is 0.833 bits per heavy atom. The third-order valence-electron chi connectivity index (χ3n) is 7.09. The molecule has 8 heteroatoms. The summed E-state index contributed by atoms with van der Waals surface area (Å²) in [7, 11) is 0. The highest BCUT2D eigenvalue weighted by molar-refractivity contribution is 6.15. The Labute approximate surface area is 217 Å². The Morgan fingerprint density at radius 3 is 1.86 bits per heavy atom. The number of carbonyl (C=O) groups is 3. The summed E-state index contributed by atoms with van der Waals surface area (Å²) in [4.78, 5) is 44.3. The number of likely N-dealkylation sites (N-methyl/N-ethyl adjacent to an activating group) is 3. The molecule has 0 aliphatic carbocycles. The number of hydrogen-bond donors (Lipinski definition) is 1. The van der Waals surface area contributed by atoms with E-state index < -0.39 is 17.7 Å². The van der Waals surface area contributed by atoms with Crippen molar-refractivity contribution in [3.8, 4) is 0 Å². The number of benzene rings is 1. The van der Waals surface area contributed by atoms with Gasteiger partial charge in [0.05, 0.1) is 0 Å². The van der Waals surface area contributed by atoms with Crippen molar-refractivity contribution < 1.29 is 14.4 Å². The molecule has 1 heterocycles. The average molecular weight is 500 g/mol. The summed E-state index contributed by atoms with van der Waals surface area (Å²) in [5.74, 6) is -1.31. The van der Waals surface area contributed by atoms with E-state index in [9.17, 15) is 14.4 Å². The predicted octanol–water partition coefficient (Wildman–Crippen LogP) is 2.86. The summed E-state index contributed by atoms with van der Waals surface area (Å²) in [6.07, 6.45) is 3.28. The van der Waals surface area contributed by atoms with E-state index in [1.54, 1.807) is 0 Å². The molecule has 2 atom stereocenters. The molecule has 0 unspecified atom stereocenters. The van der Waals surface area contributed by atoms with Gasteiger partial charge in [-0.25, -0.2) is 0 Å². The lowest BCUT2D eigenvalue weighted by Gasteiger charge is -2.40. The van der Waals surface area contributed by atoms with E-state index in [1.807, 2.05) is 12.1 Å². The van der Waals surface area contributed by atoms with E-state index in [1.165, 1.54) is 17.7 Å². The fourth-order valence-electron chi connectivity index (χ4n) is 4.88. The molecular formula is C28H45N5O3. The fourth-order valence-corrected chi connectivity index (χ4v) is 4.88. The smallest absolute Gasteiger partial charge is 0.254 e. The van der Waals surface area contributed by atoms with Crippen LogP contribution >= 0.6 is 0 Å². The lowest BCUT2D eigenvalue weighted by atomic mass is 10.0. The van der Waals surface area contributed by atoms with E-state index in [0.717, 1.165) is 57.1 Å². The van der Waals surface area contributed by atoms with Gasteiger partial charge < -0.3 is 15.1 Å². The molecule has 0 saturated heterocycles. The third kappa shape index (κ3) is 8.54. The molecule has 0 saturated carbocycles. The Morgan fingerprint density at radius 2 is 1.36 bits per heavy atom. The van der Waals surface area contributed by atoms with Crippen molar-refractivity contribution >= 4 is 23.4 Å². The Balaban J connectivity index is 2.08. The van der Waals surface area contributed by atoms with Crippen LogP contribution in [0.1, 0.15) is 47.1 Å². The number of rotatable bonds is 16. The van der Waals surface area contributed by atoms with Crippen molar-refractivity contribution in [2.75, 3.05) is 57.7 Å². The fraction of sp³-hybridized carbons (Fsp3) is 0.607. The highest BCUT2D eigenvalue weighted by atomic mass is 16.2. The molecule has 0 aromatic heterocycles. The van der Waals surface area contributed by atoms with Crippen molar-refractivity contribution in [2.45, 2.75) is 60.0 Å². The van der Waals surface area contributed by atoms with Gasteiger partial charge in [0.2, 0.25) is 5.91 Å². The van der Waals surface area contributed by atoms with Crippen LogP contribution < -0.4 is 5.32 Å². The molecule has 0 bridgehead atoms. The van der Waals surface area contributed by atoms with Gasteiger partial charge in [-0.15, -0.1) is 0 Å². The summed E-state index contributed by atoms with van der Waals surface area (Å²) in [6.45, 7) is 20.4. The van der Waals surface area contributed by atoms with Gasteiger partial charge in [-0.1, -0.05) is 46.8 Å². The van der Waals surface area contributed by atoms with Gasteiger partial charge >= 0.3 is 0 Å². The molecule has 1 aliphatic rings. The molecule has 0 spiro atoms. The average Bonchev–Trinajstić information content (AvgIpc) is 3.19. The van der Waals surface area contributed by atoms with Gasteiger partial charge in [0.25, 0.3) is 11.8 Å². The highest BCUT2D eigenvalue weighted by Gasteiger charge is 2.26. The van der Waals surface area contributed by atoms with Crippen LogP contribution in [0.2, 0.25) is 0 Å². The highest BCUT2D eigenvalue weighted by Crippen LogP contribution is 2.17. The summed E-state index contributed by atoms with van der Waals surface area (Å²) < 4.78 is 0. The van der Waals surface area contributed by atoms with E-state index in [-0.39, 0.29) is 6.54 Å². The minimum Gasteiger partial charge on any atom is -0.325 e. The lowest BCUT2D eigenvalue weighted by Crippen LogP contribution is -2.52. The molecule has 0 radical (unpaired) electrons. The van der Waals surface area contributed by atoms with Crippen LogP contribution in [0.5, 0.6) is 0 Å². The molecule has 1 aliphatic heterocycles. The van der Waals surface area contributed by atoms with E-state index in [0.29, 0.717) is 17.8 Å². The second kappa shape index (κ2) is 14.9. The number of anilines is 1. The molecule has 36 heavy (non-hydrogen) atoms. The molecule has 200 valence electrons. The number of nitrogens with one attached hydrogen (secondary N) is 1. The summed E-state index contributed by atoms with van der Waals surface area (Å²) in [5.41, 5.74) is 1.87. The standard InChI is InChI=1S/C28H45N5O3/c1-7-30(8-2)19-22(6)32(11-5)25(20-31(9-3)10-4)18-23-12-14-24(15-13-23)29-26(34)21-33-27(35)16-17-28(33)36/h12-17,22,25H,7-11,18-21H2,1-6H3,(H,29,34)/t22-,25+/m0/s1. The quantitative estimate of drug-likeness (QED) is 0.353. The molecule has 0 fully saturated rings. The molecule has 1 aromatic rings. The zero-order chi connectivity index (χ0) is 26.7. The van der Waals surface area contributed by atoms with Crippen molar-refractivity contribution in [3.63, 3.8) is 0 Å². The number of amides is 3. The first-order valence-electron chi connectivity index (χ1n) is 13.4. The molecule has 8 nitrogen and oxygen atoms in total. The Bertz CT molecular complexity index is 860. The molecular weight excluding hydrogens is 454 g/mol. The van der Waals surface area contributed by atoms with E-state index in [2.05, 4.69) is 73.7 Å². The first kappa shape index (κ1) is 29.7. The largest absolute Gasteiger partial charge is 0.325 e. The van der Waals surface area contributed by atoms with Crippen LogP contribution in [0.3, 0.4) is 0 Å². The molecule has 2 rings (SSSR count). The van der Waals surface area contributed by atoms with Gasteiger partial charge in [0.15, 0.2) is 0 Å². The minimum atomic E-state index is -0.458. The van der Waals surface area contributed by atoms with Crippen LogP contribution in [0.25, 0.3) is 0 Å². The van der Waals surface area contributed by atoms with Gasteiger partial charge in [-0.2, -0.15) is 0 Å². The zero-order valence-corrected chi connectivity index (χ0v) is 23.0. The van der Waals surface area contributed by atoms with Gasteiger partial charge in [0.1, 0.15) is 6.54 Å². The van der Waals surface area contributed by atoms with Gasteiger partial charge in [0, 0.05) is 43.0 Å². The van der Waals surface area contributed by atoms with E-state index in [4.69, 9.17) is 0 Å². The maximum Gasteiger partial charge on any atom is 0.254 e. The van der Waals surface area contributed by atoms with Crippen LogP contribution in [0.4, 0.5) is 5.69 Å². The zero-order valence-electron chi connectivity index (χ0n) is 23.0. The topological polar surface area (TPSA) is 76.2 Å². The van der Waals surface area contributed by atoms with Crippen molar-refractivity contribution in [1.82, 2.24) is 19.6 Å². The van der Waals surface area contributed by atoms with Crippen LogP contribution in [-0.2, 0) is 20.8 Å². The molecule has 3 amide bonds. The number of hydrogen-bond acceptors (Lipinski definition) is 6. The Kier molecular flexibility index (Phi) is 12.3. The SMILES string of the molecule is CCN(CC)C[C@@H](Cc1ccc(NC(=O)CN2C(=O)C=CC2=O)cc1)N(CC)[C@@H](C)CN(CC)CC. The maximum absolute atomic E-state index is 12.3. The monoisotopic (exact) mass is 499 g/mol. The van der Waals surface area contributed by atoms with Crippen LogP contribution in [0, 0.1) is 0 Å². The second-order valence-electron chi connectivity index (χ2n) is 9.35. The first-order valence-corrected chi connectivity index (χ1v) is 13.4. The number of imide groups is 1. The number of nitrogens with zero attached hydrogens (tertiary/aromatic N) is 4. The lowest BCUT2D eigenvalue weighted by molar-refractivity contribution is -0.139. The summed E-state index contributed by atoms with van der Waals surface area (Å²) >= 11 is 0. The van der Waals surface area contributed by atoms with Crippen molar-refractivity contribution in [2.24, 2.45) is 0 Å². The summed E-state index contributed by atoms with van der Waals surface area (Å²) in [5, 5.41) is 2.79. The first-order chi connectivity index (χ1) is 17.3. The van der Waals surface area contributed by atoms with E-state index >= 15 is 0 Å². The van der Waals surface area contributed by atoms with Crippen molar-refractivity contribution in [3.05, 3.63) is 42.0 Å². The maximum atomic E-state index is 12.3. The third-order valence-corrected chi connectivity index (χ3v) is 7.09. The Hall–Kier alpha value is -2.55. The normalized spacial score (nSPS) is 15.4. The van der Waals surface area contributed by atoms with Gasteiger partial charge in [-0.3, -0.25) is 24.2 Å². The van der Waals surface area contributed by atoms with Crippen molar-refractivity contribution in [1.29, 1.82) is 0 Å². The van der Waals surface area contributed by atoms with Crippen LogP contribution in [-0.4, -0.2) is 102 Å². The number of carbonyl (C=O) groups excluding carboxylic acids is 3. The summed E-state index contributed by atoms with van der Waals surface area (Å²) in [6, 6.07) is 8.72. The second-order valence-corrected chi connectivity index (χ2v) is 9.35. The minimum absolute atomic E-state index is 0.283.